The van der Waals surface area contributed by atoms with Crippen LogP contribution in [0.25, 0.3) is 0 Å². The van der Waals surface area contributed by atoms with E-state index in [0.717, 1.165) is 37.2 Å². The molecule has 0 atom stereocenters. The molecule has 0 saturated carbocycles. The van der Waals surface area contributed by atoms with E-state index in [1.165, 1.54) is 5.56 Å². The molecule has 1 aromatic carbocycles. The van der Waals surface area contributed by atoms with E-state index < -0.39 is 0 Å². The molecule has 0 unspecified atom stereocenters. The van der Waals surface area contributed by atoms with Crippen LogP contribution in [0.3, 0.4) is 0 Å². The van der Waals surface area contributed by atoms with Gasteiger partial charge in [-0.2, -0.15) is 5.26 Å². The highest BCUT2D eigenvalue weighted by molar-refractivity contribution is 5.93. The van der Waals surface area contributed by atoms with Crippen LogP contribution < -0.4 is 5.32 Å². The van der Waals surface area contributed by atoms with Gasteiger partial charge in [-0.05, 0) is 57.0 Å². The van der Waals surface area contributed by atoms with Gasteiger partial charge in [0, 0.05) is 11.6 Å². The summed E-state index contributed by atoms with van der Waals surface area (Å²) < 4.78 is 0. The molecule has 2 rings (SSSR count). The van der Waals surface area contributed by atoms with E-state index in [1.807, 2.05) is 32.0 Å². The topological polar surface area (TPSA) is 56.1 Å². The number of amides is 1. The van der Waals surface area contributed by atoms with Crippen molar-refractivity contribution in [2.75, 3.05) is 25.0 Å². The van der Waals surface area contributed by atoms with Gasteiger partial charge in [0.1, 0.15) is 0 Å². The normalized spacial score (nSPS) is 16.6. The largest absolute Gasteiger partial charge is 0.325 e. The predicted octanol–water partition coefficient (Wildman–Crippen LogP) is 2.48. The molecule has 4 heteroatoms. The molecule has 106 valence electrons. The fourth-order valence-electron chi connectivity index (χ4n) is 2.50. The van der Waals surface area contributed by atoms with Crippen LogP contribution in [-0.4, -0.2) is 30.4 Å². The molecule has 20 heavy (non-hydrogen) atoms. The lowest BCUT2D eigenvalue weighted by Gasteiger charge is -2.28. The molecule has 1 amide bonds. The SMILES string of the molecule is Cc1cccc(NC(=O)CN2CCC(C#N)CC2)c1C. The van der Waals surface area contributed by atoms with Crippen molar-refractivity contribution in [3.05, 3.63) is 29.3 Å². The lowest BCUT2D eigenvalue weighted by Crippen LogP contribution is -2.39. The zero-order valence-corrected chi connectivity index (χ0v) is 12.1. The van der Waals surface area contributed by atoms with E-state index in [9.17, 15) is 4.79 Å². The van der Waals surface area contributed by atoms with Gasteiger partial charge in [-0.25, -0.2) is 0 Å². The lowest BCUT2D eigenvalue weighted by atomic mass is 9.99. The number of nitrogens with zero attached hydrogens (tertiary/aromatic N) is 2. The van der Waals surface area contributed by atoms with Crippen LogP contribution in [0, 0.1) is 31.1 Å². The summed E-state index contributed by atoms with van der Waals surface area (Å²) in [5.74, 6) is 0.183. The summed E-state index contributed by atoms with van der Waals surface area (Å²) >= 11 is 0. The quantitative estimate of drug-likeness (QED) is 0.919. The summed E-state index contributed by atoms with van der Waals surface area (Å²) in [7, 11) is 0. The van der Waals surface area contributed by atoms with Crippen molar-refractivity contribution < 1.29 is 4.79 Å². The second-order valence-corrected chi connectivity index (χ2v) is 5.48. The molecule has 0 spiro atoms. The Hall–Kier alpha value is -1.86. The summed E-state index contributed by atoms with van der Waals surface area (Å²) in [4.78, 5) is 14.2. The van der Waals surface area contributed by atoms with Crippen LogP contribution in [-0.2, 0) is 4.79 Å². The third-order valence-corrected chi connectivity index (χ3v) is 4.02. The number of rotatable bonds is 3. The van der Waals surface area contributed by atoms with Crippen LogP contribution in [0.15, 0.2) is 18.2 Å². The van der Waals surface area contributed by atoms with Gasteiger partial charge < -0.3 is 5.32 Å². The Morgan fingerprint density at radius 3 is 2.75 bits per heavy atom. The van der Waals surface area contributed by atoms with Crippen molar-refractivity contribution in [1.29, 1.82) is 5.26 Å². The maximum Gasteiger partial charge on any atom is 0.238 e. The number of aryl methyl sites for hydroxylation is 1. The first kappa shape index (κ1) is 14.5. The van der Waals surface area contributed by atoms with Gasteiger partial charge in [-0.15, -0.1) is 0 Å². The fraction of sp³-hybridized carbons (Fsp3) is 0.500. The van der Waals surface area contributed by atoms with Gasteiger partial charge in [-0.3, -0.25) is 9.69 Å². The van der Waals surface area contributed by atoms with E-state index in [0.29, 0.717) is 6.54 Å². The lowest BCUT2D eigenvalue weighted by molar-refractivity contribution is -0.117. The summed E-state index contributed by atoms with van der Waals surface area (Å²) in [5, 5.41) is 11.8. The van der Waals surface area contributed by atoms with Crippen LogP contribution in [0.2, 0.25) is 0 Å². The van der Waals surface area contributed by atoms with E-state index in [-0.39, 0.29) is 11.8 Å². The Morgan fingerprint density at radius 1 is 1.40 bits per heavy atom. The van der Waals surface area contributed by atoms with Crippen LogP contribution in [0.4, 0.5) is 5.69 Å². The zero-order chi connectivity index (χ0) is 14.5. The number of anilines is 1. The first-order valence-electron chi connectivity index (χ1n) is 7.08. The Bertz CT molecular complexity index is 525. The molecule has 0 bridgehead atoms. The van der Waals surface area contributed by atoms with Crippen molar-refractivity contribution in [3.8, 4) is 6.07 Å². The molecular formula is C16H21N3O. The average molecular weight is 271 g/mol. The summed E-state index contributed by atoms with van der Waals surface area (Å²) in [6.45, 7) is 6.13. The van der Waals surface area contributed by atoms with Gasteiger partial charge >= 0.3 is 0 Å². The summed E-state index contributed by atoms with van der Waals surface area (Å²) in [5.41, 5.74) is 3.18. The van der Waals surface area contributed by atoms with Gasteiger partial charge in [0.15, 0.2) is 0 Å². The van der Waals surface area contributed by atoms with Crippen molar-refractivity contribution in [2.45, 2.75) is 26.7 Å². The van der Waals surface area contributed by atoms with Crippen molar-refractivity contribution >= 4 is 11.6 Å². The van der Waals surface area contributed by atoms with E-state index in [1.54, 1.807) is 0 Å². The minimum Gasteiger partial charge on any atom is -0.325 e. The first-order chi connectivity index (χ1) is 9.60. The molecule has 1 aliphatic heterocycles. The Morgan fingerprint density at radius 2 is 2.10 bits per heavy atom. The summed E-state index contributed by atoms with van der Waals surface area (Å²) in [6, 6.07) is 8.23. The number of carbonyl (C=O) groups is 1. The molecule has 1 saturated heterocycles. The molecule has 1 aliphatic rings. The number of hydrogen-bond acceptors (Lipinski definition) is 3. The molecule has 0 radical (unpaired) electrons. The molecular weight excluding hydrogens is 250 g/mol. The first-order valence-corrected chi connectivity index (χ1v) is 7.08. The smallest absolute Gasteiger partial charge is 0.238 e. The van der Waals surface area contributed by atoms with Gasteiger partial charge in [0.05, 0.1) is 12.6 Å². The number of nitriles is 1. The number of piperidine rings is 1. The highest BCUT2D eigenvalue weighted by Gasteiger charge is 2.20. The van der Waals surface area contributed by atoms with Crippen LogP contribution in [0.1, 0.15) is 24.0 Å². The Balaban J connectivity index is 1.87. The highest BCUT2D eigenvalue weighted by Crippen LogP contribution is 2.19. The zero-order valence-electron chi connectivity index (χ0n) is 12.1. The van der Waals surface area contributed by atoms with Crippen molar-refractivity contribution in [2.24, 2.45) is 5.92 Å². The minimum atomic E-state index is 0.0223. The molecule has 1 N–H and O–H groups in total. The molecule has 1 aromatic rings. The third-order valence-electron chi connectivity index (χ3n) is 4.02. The maximum absolute atomic E-state index is 12.1. The minimum absolute atomic E-state index is 0.0223. The standard InChI is InChI=1S/C16H21N3O/c1-12-4-3-5-15(13(12)2)18-16(20)11-19-8-6-14(10-17)7-9-19/h3-5,14H,6-9,11H2,1-2H3,(H,18,20). The van der Waals surface area contributed by atoms with Gasteiger partial charge in [-0.1, -0.05) is 12.1 Å². The van der Waals surface area contributed by atoms with E-state index in [2.05, 4.69) is 16.3 Å². The van der Waals surface area contributed by atoms with E-state index in [4.69, 9.17) is 5.26 Å². The summed E-state index contributed by atoms with van der Waals surface area (Å²) in [6.07, 6.45) is 1.74. The molecule has 0 aliphatic carbocycles. The molecule has 0 aromatic heterocycles. The molecule has 1 fully saturated rings. The Labute approximate surface area is 120 Å². The van der Waals surface area contributed by atoms with Gasteiger partial charge in [0.25, 0.3) is 0 Å². The fourth-order valence-corrected chi connectivity index (χ4v) is 2.50. The van der Waals surface area contributed by atoms with E-state index >= 15 is 0 Å². The third kappa shape index (κ3) is 3.58. The number of nitrogens with one attached hydrogen (secondary N) is 1. The highest BCUT2D eigenvalue weighted by atomic mass is 16.2. The average Bonchev–Trinajstić information content (AvgIpc) is 2.45. The van der Waals surface area contributed by atoms with Crippen molar-refractivity contribution in [1.82, 2.24) is 4.90 Å². The monoisotopic (exact) mass is 271 g/mol. The van der Waals surface area contributed by atoms with Crippen LogP contribution >= 0.6 is 0 Å². The van der Waals surface area contributed by atoms with Crippen LogP contribution in [0.5, 0.6) is 0 Å². The van der Waals surface area contributed by atoms with Crippen molar-refractivity contribution in [3.63, 3.8) is 0 Å². The number of benzene rings is 1. The van der Waals surface area contributed by atoms with Gasteiger partial charge in [0.2, 0.25) is 5.91 Å². The molecule has 1 heterocycles. The number of likely N-dealkylation sites (tertiary alicyclic amines) is 1. The Kier molecular flexibility index (Phi) is 4.75. The number of carbonyl (C=O) groups excluding carboxylic acids is 1. The number of hydrogen-bond donors (Lipinski definition) is 1. The maximum atomic E-state index is 12.1. The molecule has 4 nitrogen and oxygen atoms in total. The predicted molar refractivity (Wildman–Crippen MR) is 79.3 cm³/mol. The second kappa shape index (κ2) is 6.53. The second-order valence-electron chi connectivity index (χ2n) is 5.48.